The molecule has 34 heavy (non-hydrogen) atoms. The molecule has 3 rings (SSSR count). The van der Waals surface area contributed by atoms with E-state index in [2.05, 4.69) is 38.1 Å². The van der Waals surface area contributed by atoms with E-state index in [0.717, 1.165) is 39.8 Å². The van der Waals surface area contributed by atoms with E-state index in [1.54, 1.807) is 12.1 Å². The molecule has 0 spiro atoms. The van der Waals surface area contributed by atoms with Crippen LogP contribution in [0.3, 0.4) is 0 Å². The Morgan fingerprint density at radius 2 is 1.56 bits per heavy atom. The third kappa shape index (κ3) is 6.68. The van der Waals surface area contributed by atoms with Gasteiger partial charge in [-0.25, -0.2) is 9.18 Å². The van der Waals surface area contributed by atoms with Crippen LogP contribution in [-0.2, 0) is 9.53 Å². The van der Waals surface area contributed by atoms with Gasteiger partial charge in [-0.2, -0.15) is 0 Å². The van der Waals surface area contributed by atoms with Crippen molar-refractivity contribution < 1.29 is 13.9 Å². The predicted octanol–water partition coefficient (Wildman–Crippen LogP) is 8.51. The summed E-state index contributed by atoms with van der Waals surface area (Å²) in [7, 11) is 0. The van der Waals surface area contributed by atoms with Gasteiger partial charge in [-0.3, -0.25) is 0 Å². The SMILES string of the molecule is CC/C(=C(\c1ccc(C)cc1)c1ccc(/C=C/C(=O)OC(C)(C)C)cc1)c1ccc(F)cc1Cl. The van der Waals surface area contributed by atoms with Gasteiger partial charge in [-0.05, 0) is 85.7 Å². The van der Waals surface area contributed by atoms with E-state index in [1.807, 2.05) is 45.0 Å². The third-order valence-electron chi connectivity index (χ3n) is 5.27. The number of carbonyl (C=O) groups is 1. The number of esters is 1. The van der Waals surface area contributed by atoms with Crippen LogP contribution in [0.2, 0.25) is 5.02 Å². The van der Waals surface area contributed by atoms with Gasteiger partial charge in [0.1, 0.15) is 11.4 Å². The predicted molar refractivity (Wildman–Crippen MR) is 140 cm³/mol. The Bertz CT molecular complexity index is 1210. The number of benzene rings is 3. The molecular weight excluding hydrogens is 447 g/mol. The highest BCUT2D eigenvalue weighted by Crippen LogP contribution is 2.37. The lowest BCUT2D eigenvalue weighted by molar-refractivity contribution is -0.148. The lowest BCUT2D eigenvalue weighted by atomic mass is 9.87. The summed E-state index contributed by atoms with van der Waals surface area (Å²) in [4.78, 5) is 12.0. The fraction of sp³-hybridized carbons (Fsp3) is 0.233. The molecule has 0 aliphatic rings. The lowest BCUT2D eigenvalue weighted by Gasteiger charge is -2.18. The Kier molecular flexibility index (Phi) is 8.11. The fourth-order valence-corrected chi connectivity index (χ4v) is 4.01. The van der Waals surface area contributed by atoms with Crippen LogP contribution < -0.4 is 0 Å². The minimum atomic E-state index is -0.531. The van der Waals surface area contributed by atoms with E-state index >= 15 is 0 Å². The topological polar surface area (TPSA) is 26.3 Å². The van der Waals surface area contributed by atoms with Crippen LogP contribution in [0.4, 0.5) is 4.39 Å². The van der Waals surface area contributed by atoms with Crippen molar-refractivity contribution in [2.45, 2.75) is 46.6 Å². The molecule has 0 aliphatic heterocycles. The molecule has 0 atom stereocenters. The maximum Gasteiger partial charge on any atom is 0.331 e. The molecule has 0 radical (unpaired) electrons. The Balaban J connectivity index is 2.06. The number of ether oxygens (including phenoxy) is 1. The average molecular weight is 477 g/mol. The summed E-state index contributed by atoms with van der Waals surface area (Å²) in [5.74, 6) is -0.738. The summed E-state index contributed by atoms with van der Waals surface area (Å²) >= 11 is 6.46. The molecule has 2 nitrogen and oxygen atoms in total. The van der Waals surface area contributed by atoms with Crippen LogP contribution in [0.25, 0.3) is 17.2 Å². The average Bonchev–Trinajstić information content (AvgIpc) is 2.77. The molecule has 4 heteroatoms. The highest BCUT2D eigenvalue weighted by molar-refractivity contribution is 6.32. The molecule has 0 aromatic heterocycles. The first-order chi connectivity index (χ1) is 16.1. The van der Waals surface area contributed by atoms with Gasteiger partial charge in [0.25, 0.3) is 0 Å². The number of aryl methyl sites for hydroxylation is 1. The number of allylic oxidation sites excluding steroid dienone is 1. The maximum atomic E-state index is 13.7. The number of rotatable bonds is 6. The third-order valence-corrected chi connectivity index (χ3v) is 5.58. The van der Waals surface area contributed by atoms with Gasteiger partial charge in [0.15, 0.2) is 0 Å². The highest BCUT2D eigenvalue weighted by atomic mass is 35.5. The molecular formula is C30H30ClFO2. The molecule has 0 bridgehead atoms. The van der Waals surface area contributed by atoms with Crippen LogP contribution in [0.5, 0.6) is 0 Å². The zero-order valence-corrected chi connectivity index (χ0v) is 21.0. The Morgan fingerprint density at radius 1 is 0.971 bits per heavy atom. The normalized spacial score (nSPS) is 12.6. The standard InChI is InChI=1S/C30H30ClFO2/c1-6-25(26-17-16-24(32)19-27(26)31)29(22-12-7-20(2)8-13-22)23-14-9-21(10-15-23)11-18-28(33)34-30(3,4)5/h7-19H,6H2,1-5H3/b18-11+,29-25-. The van der Waals surface area contributed by atoms with Crippen molar-refractivity contribution in [3.8, 4) is 0 Å². The number of hydrogen-bond acceptors (Lipinski definition) is 2. The first kappa shape index (κ1) is 25.5. The summed E-state index contributed by atoms with van der Waals surface area (Å²) in [5.41, 5.74) is 6.48. The van der Waals surface area contributed by atoms with Crippen LogP contribution in [0, 0.1) is 12.7 Å². The van der Waals surface area contributed by atoms with Crippen LogP contribution >= 0.6 is 11.6 Å². The fourth-order valence-electron chi connectivity index (χ4n) is 3.73. The van der Waals surface area contributed by atoms with Crippen molar-refractivity contribution in [2.75, 3.05) is 0 Å². The molecule has 0 saturated heterocycles. The summed E-state index contributed by atoms with van der Waals surface area (Å²) in [5, 5.41) is 0.387. The van der Waals surface area contributed by atoms with Crippen molar-refractivity contribution in [3.05, 3.63) is 111 Å². The largest absolute Gasteiger partial charge is 0.457 e. The summed E-state index contributed by atoms with van der Waals surface area (Å²) in [6.07, 6.45) is 3.90. The van der Waals surface area contributed by atoms with Gasteiger partial charge < -0.3 is 4.74 Å². The number of halogens is 2. The second-order valence-corrected chi connectivity index (χ2v) is 9.59. The van der Waals surface area contributed by atoms with E-state index in [4.69, 9.17) is 16.3 Å². The van der Waals surface area contributed by atoms with Crippen LogP contribution in [0.1, 0.15) is 61.9 Å². The molecule has 0 aliphatic carbocycles. The van der Waals surface area contributed by atoms with Crippen molar-refractivity contribution in [3.63, 3.8) is 0 Å². The molecule has 3 aromatic carbocycles. The van der Waals surface area contributed by atoms with E-state index in [1.165, 1.54) is 23.8 Å². The minimum absolute atomic E-state index is 0.359. The molecule has 0 amide bonds. The van der Waals surface area contributed by atoms with Gasteiger partial charge in [-0.15, -0.1) is 0 Å². The van der Waals surface area contributed by atoms with Crippen molar-refractivity contribution >= 4 is 34.8 Å². The molecule has 0 saturated carbocycles. The summed E-state index contributed by atoms with van der Waals surface area (Å²) in [6.45, 7) is 9.64. The zero-order chi connectivity index (χ0) is 24.9. The summed E-state index contributed by atoms with van der Waals surface area (Å²) in [6, 6.07) is 20.8. The zero-order valence-electron chi connectivity index (χ0n) is 20.3. The smallest absolute Gasteiger partial charge is 0.331 e. The monoisotopic (exact) mass is 476 g/mol. The molecule has 0 fully saturated rings. The number of hydrogen-bond donors (Lipinski definition) is 0. The first-order valence-corrected chi connectivity index (χ1v) is 11.7. The molecule has 176 valence electrons. The van der Waals surface area contributed by atoms with E-state index in [-0.39, 0.29) is 11.8 Å². The Hall–Kier alpha value is -3.17. The quantitative estimate of drug-likeness (QED) is 0.202. The van der Waals surface area contributed by atoms with Crippen LogP contribution in [0.15, 0.2) is 72.8 Å². The highest BCUT2D eigenvalue weighted by Gasteiger charge is 2.16. The molecule has 0 heterocycles. The second kappa shape index (κ2) is 10.8. The van der Waals surface area contributed by atoms with Crippen molar-refractivity contribution in [2.24, 2.45) is 0 Å². The van der Waals surface area contributed by atoms with Crippen LogP contribution in [-0.4, -0.2) is 11.6 Å². The maximum absolute atomic E-state index is 13.7. The van der Waals surface area contributed by atoms with E-state index in [0.29, 0.717) is 5.02 Å². The van der Waals surface area contributed by atoms with Gasteiger partial charge >= 0.3 is 5.97 Å². The summed E-state index contributed by atoms with van der Waals surface area (Å²) < 4.78 is 19.1. The Labute approximate surface area is 206 Å². The minimum Gasteiger partial charge on any atom is -0.457 e. The Morgan fingerprint density at radius 3 is 2.09 bits per heavy atom. The molecule has 0 unspecified atom stereocenters. The lowest BCUT2D eigenvalue weighted by Crippen LogP contribution is -2.22. The van der Waals surface area contributed by atoms with E-state index in [9.17, 15) is 9.18 Å². The van der Waals surface area contributed by atoms with E-state index < -0.39 is 5.60 Å². The van der Waals surface area contributed by atoms with Gasteiger partial charge in [-0.1, -0.05) is 78.7 Å². The van der Waals surface area contributed by atoms with Crippen molar-refractivity contribution in [1.82, 2.24) is 0 Å². The van der Waals surface area contributed by atoms with Crippen molar-refractivity contribution in [1.29, 1.82) is 0 Å². The van der Waals surface area contributed by atoms with Gasteiger partial charge in [0.05, 0.1) is 5.02 Å². The number of carbonyl (C=O) groups excluding carboxylic acids is 1. The first-order valence-electron chi connectivity index (χ1n) is 11.3. The van der Waals surface area contributed by atoms with Gasteiger partial charge in [0, 0.05) is 6.08 Å². The van der Waals surface area contributed by atoms with Gasteiger partial charge in [0.2, 0.25) is 0 Å². The second-order valence-electron chi connectivity index (χ2n) is 9.19. The molecule has 0 N–H and O–H groups in total. The molecule has 3 aromatic rings.